The van der Waals surface area contributed by atoms with Gasteiger partial charge in [-0.05, 0) is 32.5 Å². The summed E-state index contributed by atoms with van der Waals surface area (Å²) in [7, 11) is 0. The summed E-state index contributed by atoms with van der Waals surface area (Å²) in [5.74, 6) is 1.25. The van der Waals surface area contributed by atoms with Gasteiger partial charge in [-0.25, -0.2) is 9.37 Å². The largest absolute Gasteiger partial charge is 0.493 e. The maximum absolute atomic E-state index is 13.2. The third-order valence-corrected chi connectivity index (χ3v) is 2.75. The van der Waals surface area contributed by atoms with Gasteiger partial charge in [-0.15, -0.1) is 0 Å². The summed E-state index contributed by atoms with van der Waals surface area (Å²) >= 11 is 0. The van der Waals surface area contributed by atoms with Crippen LogP contribution in [0.3, 0.4) is 0 Å². The highest BCUT2D eigenvalue weighted by atomic mass is 19.1. The molecule has 0 fully saturated rings. The zero-order valence-electron chi connectivity index (χ0n) is 11.1. The third kappa shape index (κ3) is 2.93. The van der Waals surface area contributed by atoms with Gasteiger partial charge < -0.3 is 14.9 Å². The monoisotopic (exact) mass is 264 g/mol. The van der Waals surface area contributed by atoms with Crippen LogP contribution in [0.1, 0.15) is 18.4 Å². The van der Waals surface area contributed by atoms with E-state index >= 15 is 0 Å². The van der Waals surface area contributed by atoms with E-state index in [1.165, 1.54) is 12.1 Å². The molecule has 0 aliphatic rings. The van der Waals surface area contributed by atoms with Crippen molar-refractivity contribution in [1.82, 2.24) is 4.98 Å². The number of aromatic nitrogens is 1. The number of hydrogen-bond acceptors (Lipinski definition) is 4. The molecule has 0 spiro atoms. The first kappa shape index (κ1) is 13.5. The van der Waals surface area contributed by atoms with Crippen molar-refractivity contribution in [3.63, 3.8) is 0 Å². The zero-order chi connectivity index (χ0) is 13.8. The lowest BCUT2D eigenvalue weighted by Crippen LogP contribution is -2.03. The van der Waals surface area contributed by atoms with Crippen LogP contribution in [0.4, 0.5) is 4.39 Å². The summed E-state index contributed by atoms with van der Waals surface area (Å²) < 4.78 is 24.3. The highest BCUT2D eigenvalue weighted by Gasteiger charge is 2.15. The van der Waals surface area contributed by atoms with Gasteiger partial charge in [0.1, 0.15) is 17.3 Å². The normalized spacial score (nSPS) is 10.7. The highest BCUT2D eigenvalue weighted by molar-refractivity contribution is 5.63. The first-order valence-electron chi connectivity index (χ1n) is 6.24. The lowest BCUT2D eigenvalue weighted by molar-refractivity contribution is 0.338. The summed E-state index contributed by atoms with van der Waals surface area (Å²) in [5.41, 5.74) is 6.99. The molecule has 0 aliphatic carbocycles. The molecule has 0 radical (unpaired) electrons. The SMILES string of the molecule is CCOc1cc(F)ccc1-c1nc(CCN)c(C)o1. The van der Waals surface area contributed by atoms with E-state index in [9.17, 15) is 4.39 Å². The average Bonchev–Trinajstić information content (AvgIpc) is 2.72. The van der Waals surface area contributed by atoms with Crippen LogP contribution in [0.15, 0.2) is 22.6 Å². The molecule has 2 N–H and O–H groups in total. The van der Waals surface area contributed by atoms with Crippen LogP contribution in [-0.2, 0) is 6.42 Å². The Hall–Kier alpha value is -1.88. The molecule has 0 unspecified atom stereocenters. The van der Waals surface area contributed by atoms with Crippen LogP contribution < -0.4 is 10.5 Å². The third-order valence-electron chi connectivity index (χ3n) is 2.75. The first-order valence-corrected chi connectivity index (χ1v) is 6.24. The zero-order valence-corrected chi connectivity index (χ0v) is 11.1. The Morgan fingerprint density at radius 3 is 2.89 bits per heavy atom. The van der Waals surface area contributed by atoms with Crippen molar-refractivity contribution in [3.05, 3.63) is 35.5 Å². The Labute approximate surface area is 111 Å². The van der Waals surface area contributed by atoms with Crippen molar-refractivity contribution in [1.29, 1.82) is 0 Å². The molecule has 2 rings (SSSR count). The predicted octanol–water partition coefficient (Wildman–Crippen LogP) is 2.69. The molecular formula is C14H17FN2O2. The van der Waals surface area contributed by atoms with E-state index in [4.69, 9.17) is 14.9 Å². The molecule has 2 aromatic rings. The summed E-state index contributed by atoms with van der Waals surface area (Å²) in [5, 5.41) is 0. The molecular weight excluding hydrogens is 247 g/mol. The molecule has 0 bridgehead atoms. The molecule has 19 heavy (non-hydrogen) atoms. The smallest absolute Gasteiger partial charge is 0.230 e. The van der Waals surface area contributed by atoms with Crippen LogP contribution in [0, 0.1) is 12.7 Å². The van der Waals surface area contributed by atoms with Crippen molar-refractivity contribution < 1.29 is 13.5 Å². The van der Waals surface area contributed by atoms with Gasteiger partial charge in [0.15, 0.2) is 0 Å². The van der Waals surface area contributed by atoms with E-state index in [1.54, 1.807) is 6.07 Å². The molecule has 1 aromatic heterocycles. The quantitative estimate of drug-likeness (QED) is 0.902. The second-order valence-corrected chi connectivity index (χ2v) is 4.13. The standard InChI is InChI=1S/C14H17FN2O2/c1-3-18-13-8-10(15)4-5-11(13)14-17-12(6-7-16)9(2)19-14/h4-5,8H,3,6-7,16H2,1-2H3. The number of nitrogens with two attached hydrogens (primary N) is 1. The number of ether oxygens (including phenoxy) is 1. The number of hydrogen-bond donors (Lipinski definition) is 1. The van der Waals surface area contributed by atoms with Crippen molar-refractivity contribution in [2.75, 3.05) is 13.2 Å². The Morgan fingerprint density at radius 2 is 2.21 bits per heavy atom. The molecule has 0 amide bonds. The van der Waals surface area contributed by atoms with E-state index in [2.05, 4.69) is 4.98 Å². The first-order chi connectivity index (χ1) is 9.15. The Balaban J connectivity index is 2.43. The van der Waals surface area contributed by atoms with Crippen LogP contribution in [0.2, 0.25) is 0 Å². The van der Waals surface area contributed by atoms with Gasteiger partial charge in [0, 0.05) is 12.5 Å². The number of benzene rings is 1. The fourth-order valence-electron chi connectivity index (χ4n) is 1.86. The molecule has 0 saturated carbocycles. The van der Waals surface area contributed by atoms with E-state index in [1.807, 2.05) is 13.8 Å². The van der Waals surface area contributed by atoms with Gasteiger partial charge in [0.2, 0.25) is 5.89 Å². The van der Waals surface area contributed by atoms with E-state index in [-0.39, 0.29) is 5.82 Å². The van der Waals surface area contributed by atoms with Gasteiger partial charge in [-0.2, -0.15) is 0 Å². The minimum atomic E-state index is -0.349. The lowest BCUT2D eigenvalue weighted by atomic mass is 10.2. The number of oxazole rings is 1. The van der Waals surface area contributed by atoms with Crippen LogP contribution in [0.5, 0.6) is 5.75 Å². The molecule has 5 heteroatoms. The Kier molecular flexibility index (Phi) is 4.16. The topological polar surface area (TPSA) is 61.3 Å². The Bertz CT molecular complexity index is 567. The van der Waals surface area contributed by atoms with Gasteiger partial charge in [-0.1, -0.05) is 0 Å². The van der Waals surface area contributed by atoms with Crippen molar-refractivity contribution in [3.8, 4) is 17.2 Å². The minimum absolute atomic E-state index is 0.349. The Morgan fingerprint density at radius 1 is 1.42 bits per heavy atom. The van der Waals surface area contributed by atoms with E-state index < -0.39 is 0 Å². The van der Waals surface area contributed by atoms with Gasteiger partial charge in [0.25, 0.3) is 0 Å². The van der Waals surface area contributed by atoms with E-state index in [0.29, 0.717) is 36.8 Å². The number of nitrogens with zero attached hydrogens (tertiary/aromatic N) is 1. The number of halogens is 1. The van der Waals surface area contributed by atoms with Crippen LogP contribution in [0.25, 0.3) is 11.5 Å². The summed E-state index contributed by atoms with van der Waals surface area (Å²) in [4.78, 5) is 4.39. The maximum Gasteiger partial charge on any atom is 0.230 e. The fourth-order valence-corrected chi connectivity index (χ4v) is 1.86. The molecule has 1 aromatic carbocycles. The fraction of sp³-hybridized carbons (Fsp3) is 0.357. The highest BCUT2D eigenvalue weighted by Crippen LogP contribution is 2.31. The maximum atomic E-state index is 13.2. The minimum Gasteiger partial charge on any atom is -0.493 e. The summed E-state index contributed by atoms with van der Waals surface area (Å²) in [6.45, 7) is 4.64. The number of rotatable bonds is 5. The van der Waals surface area contributed by atoms with Crippen molar-refractivity contribution in [2.45, 2.75) is 20.3 Å². The van der Waals surface area contributed by atoms with Gasteiger partial charge >= 0.3 is 0 Å². The number of aryl methyl sites for hydroxylation is 1. The van der Waals surface area contributed by atoms with Crippen LogP contribution in [-0.4, -0.2) is 18.1 Å². The lowest BCUT2D eigenvalue weighted by Gasteiger charge is -2.07. The van der Waals surface area contributed by atoms with Gasteiger partial charge in [-0.3, -0.25) is 0 Å². The second-order valence-electron chi connectivity index (χ2n) is 4.13. The molecule has 4 nitrogen and oxygen atoms in total. The molecule has 0 aliphatic heterocycles. The molecule has 102 valence electrons. The molecule has 0 saturated heterocycles. The predicted molar refractivity (Wildman–Crippen MR) is 70.6 cm³/mol. The second kappa shape index (κ2) is 5.84. The molecule has 0 atom stereocenters. The van der Waals surface area contributed by atoms with Crippen LogP contribution >= 0.6 is 0 Å². The summed E-state index contributed by atoms with van der Waals surface area (Å²) in [6.07, 6.45) is 0.653. The molecule has 1 heterocycles. The van der Waals surface area contributed by atoms with E-state index in [0.717, 1.165) is 11.5 Å². The summed E-state index contributed by atoms with van der Waals surface area (Å²) in [6, 6.07) is 4.30. The van der Waals surface area contributed by atoms with Gasteiger partial charge in [0.05, 0.1) is 17.9 Å². The average molecular weight is 264 g/mol. The van der Waals surface area contributed by atoms with Crippen molar-refractivity contribution in [2.24, 2.45) is 5.73 Å². The van der Waals surface area contributed by atoms with Crippen molar-refractivity contribution >= 4 is 0 Å².